The molecule has 1 rings (SSSR count). The average Bonchev–Trinajstić information content (AvgIpc) is 2.08. The van der Waals surface area contributed by atoms with Crippen molar-refractivity contribution in [1.82, 2.24) is 0 Å². The Kier molecular flexibility index (Phi) is 3.27. The monoisotopic (exact) mass is 230 g/mol. The van der Waals surface area contributed by atoms with Gasteiger partial charge >= 0.3 is 0 Å². The van der Waals surface area contributed by atoms with Crippen molar-refractivity contribution in [2.24, 2.45) is 0 Å². The van der Waals surface area contributed by atoms with Gasteiger partial charge in [0.05, 0.1) is 0 Å². The smallest absolute Gasteiger partial charge is 0.126 e. The predicted octanol–water partition coefficient (Wildman–Crippen LogP) is 3.63. The molecule has 0 aliphatic heterocycles. The van der Waals surface area contributed by atoms with E-state index in [1.54, 1.807) is 6.92 Å². The third kappa shape index (κ3) is 2.07. The zero-order chi connectivity index (χ0) is 9.14. The fraction of sp³-hybridized carbons (Fsp3) is 0.400. The van der Waals surface area contributed by atoms with Gasteiger partial charge in [0.25, 0.3) is 0 Å². The molecule has 2 heteroatoms. The number of hydrogen-bond donors (Lipinski definition) is 0. The van der Waals surface area contributed by atoms with Gasteiger partial charge in [-0.05, 0) is 30.0 Å². The van der Waals surface area contributed by atoms with E-state index in [9.17, 15) is 4.39 Å². The predicted molar refractivity (Wildman–Crippen MR) is 53.3 cm³/mol. The Balaban J connectivity index is 2.96. The number of alkyl halides is 1. The first-order valence-electron chi connectivity index (χ1n) is 3.97. The summed E-state index contributed by atoms with van der Waals surface area (Å²) >= 11 is 3.40. The molecule has 0 nitrogen and oxygen atoms in total. The fourth-order valence-corrected chi connectivity index (χ4v) is 1.44. The van der Waals surface area contributed by atoms with Crippen LogP contribution in [0.3, 0.4) is 0 Å². The largest absolute Gasteiger partial charge is 0.207 e. The summed E-state index contributed by atoms with van der Waals surface area (Å²) in [6.45, 7) is 3.90. The molecule has 1 unspecified atom stereocenters. The summed E-state index contributed by atoms with van der Waals surface area (Å²) in [4.78, 5) is 0. The lowest BCUT2D eigenvalue weighted by molar-refractivity contribution is 0.617. The van der Waals surface area contributed by atoms with E-state index in [-0.39, 0.29) is 5.82 Å². The Morgan fingerprint density at radius 3 is 2.67 bits per heavy atom. The van der Waals surface area contributed by atoms with E-state index in [1.807, 2.05) is 12.1 Å². The van der Waals surface area contributed by atoms with Crippen LogP contribution in [-0.4, -0.2) is 5.33 Å². The summed E-state index contributed by atoms with van der Waals surface area (Å²) in [6, 6.07) is 5.28. The Labute approximate surface area is 80.9 Å². The standard InChI is InChI=1S/C10H12BrF/c1-7-5-9(8(2)6-11)3-4-10(7)12/h3-5,8H,6H2,1-2H3. The Morgan fingerprint density at radius 2 is 2.17 bits per heavy atom. The molecule has 0 N–H and O–H groups in total. The zero-order valence-corrected chi connectivity index (χ0v) is 8.86. The summed E-state index contributed by atoms with van der Waals surface area (Å²) in [5.41, 5.74) is 1.91. The van der Waals surface area contributed by atoms with Gasteiger partial charge in [-0.25, -0.2) is 4.39 Å². The van der Waals surface area contributed by atoms with Crippen LogP contribution in [0.25, 0.3) is 0 Å². The first kappa shape index (κ1) is 9.72. The molecule has 0 spiro atoms. The maximum atomic E-state index is 12.9. The van der Waals surface area contributed by atoms with E-state index < -0.39 is 0 Å². The highest BCUT2D eigenvalue weighted by molar-refractivity contribution is 9.09. The van der Waals surface area contributed by atoms with Crippen molar-refractivity contribution in [1.29, 1.82) is 0 Å². The third-order valence-electron chi connectivity index (χ3n) is 1.98. The van der Waals surface area contributed by atoms with Crippen molar-refractivity contribution in [3.05, 3.63) is 35.1 Å². The van der Waals surface area contributed by atoms with Crippen molar-refractivity contribution in [2.75, 3.05) is 5.33 Å². The topological polar surface area (TPSA) is 0 Å². The van der Waals surface area contributed by atoms with Crippen LogP contribution < -0.4 is 0 Å². The van der Waals surface area contributed by atoms with E-state index in [2.05, 4.69) is 22.9 Å². The summed E-state index contributed by atoms with van der Waals surface area (Å²) in [5, 5.41) is 0.915. The van der Waals surface area contributed by atoms with Gasteiger partial charge in [0.15, 0.2) is 0 Å². The number of hydrogen-bond acceptors (Lipinski definition) is 0. The molecule has 0 aromatic heterocycles. The van der Waals surface area contributed by atoms with Gasteiger partial charge < -0.3 is 0 Å². The minimum absolute atomic E-state index is 0.125. The quantitative estimate of drug-likeness (QED) is 0.681. The molecule has 0 heterocycles. The Morgan fingerprint density at radius 1 is 1.50 bits per heavy atom. The molecule has 0 fully saturated rings. The second kappa shape index (κ2) is 4.04. The molecule has 0 saturated carbocycles. The van der Waals surface area contributed by atoms with Crippen molar-refractivity contribution in [3.63, 3.8) is 0 Å². The van der Waals surface area contributed by atoms with Gasteiger partial charge in [-0.15, -0.1) is 0 Å². The van der Waals surface area contributed by atoms with Gasteiger partial charge in [0, 0.05) is 5.33 Å². The molecule has 0 aliphatic carbocycles. The lowest BCUT2D eigenvalue weighted by Gasteiger charge is -2.08. The zero-order valence-electron chi connectivity index (χ0n) is 7.27. The van der Waals surface area contributed by atoms with Crippen molar-refractivity contribution in [2.45, 2.75) is 19.8 Å². The summed E-state index contributed by atoms with van der Waals surface area (Å²) in [5.74, 6) is 0.324. The minimum atomic E-state index is -0.125. The SMILES string of the molecule is Cc1cc(C(C)CBr)ccc1F. The lowest BCUT2D eigenvalue weighted by atomic mass is 10.0. The molecular weight excluding hydrogens is 219 g/mol. The highest BCUT2D eigenvalue weighted by Gasteiger charge is 2.05. The van der Waals surface area contributed by atoms with Crippen LogP contribution in [0.15, 0.2) is 18.2 Å². The molecule has 1 aromatic carbocycles. The average molecular weight is 231 g/mol. The van der Waals surface area contributed by atoms with Crippen molar-refractivity contribution >= 4 is 15.9 Å². The summed E-state index contributed by atoms with van der Waals surface area (Å²) in [6.07, 6.45) is 0. The normalized spacial score (nSPS) is 13.0. The summed E-state index contributed by atoms with van der Waals surface area (Å²) in [7, 11) is 0. The van der Waals surface area contributed by atoms with Crippen LogP contribution in [0.4, 0.5) is 4.39 Å². The second-order valence-corrected chi connectivity index (χ2v) is 3.71. The molecule has 0 radical (unpaired) electrons. The maximum absolute atomic E-state index is 12.9. The minimum Gasteiger partial charge on any atom is -0.207 e. The molecular formula is C10H12BrF. The fourth-order valence-electron chi connectivity index (χ4n) is 1.06. The number of benzene rings is 1. The van der Waals surface area contributed by atoms with Crippen molar-refractivity contribution in [3.8, 4) is 0 Å². The van der Waals surface area contributed by atoms with Crippen molar-refractivity contribution < 1.29 is 4.39 Å². The molecule has 0 bridgehead atoms. The number of halogens is 2. The van der Waals surface area contributed by atoms with Gasteiger partial charge in [-0.3, -0.25) is 0 Å². The molecule has 0 aliphatic rings. The highest BCUT2D eigenvalue weighted by Crippen LogP contribution is 2.19. The van der Waals surface area contributed by atoms with E-state index in [0.29, 0.717) is 5.92 Å². The van der Waals surface area contributed by atoms with Gasteiger partial charge in [0.2, 0.25) is 0 Å². The van der Waals surface area contributed by atoms with Gasteiger partial charge in [-0.1, -0.05) is 35.0 Å². The summed E-state index contributed by atoms with van der Waals surface area (Å²) < 4.78 is 12.9. The first-order valence-corrected chi connectivity index (χ1v) is 5.09. The van der Waals surface area contributed by atoms with Crippen LogP contribution in [0, 0.1) is 12.7 Å². The van der Waals surface area contributed by atoms with E-state index in [1.165, 1.54) is 11.6 Å². The van der Waals surface area contributed by atoms with E-state index >= 15 is 0 Å². The molecule has 0 amide bonds. The molecule has 66 valence electrons. The molecule has 1 aromatic rings. The maximum Gasteiger partial charge on any atom is 0.126 e. The van der Waals surface area contributed by atoms with Crippen LogP contribution in [0.1, 0.15) is 24.0 Å². The van der Waals surface area contributed by atoms with Crippen LogP contribution in [0.2, 0.25) is 0 Å². The molecule has 12 heavy (non-hydrogen) atoms. The van der Waals surface area contributed by atoms with Gasteiger partial charge in [-0.2, -0.15) is 0 Å². The van der Waals surface area contributed by atoms with Crippen LogP contribution >= 0.6 is 15.9 Å². The van der Waals surface area contributed by atoms with E-state index in [0.717, 1.165) is 10.9 Å². The van der Waals surface area contributed by atoms with Gasteiger partial charge in [0.1, 0.15) is 5.82 Å². The number of rotatable bonds is 2. The van der Waals surface area contributed by atoms with Crippen LogP contribution in [0.5, 0.6) is 0 Å². The highest BCUT2D eigenvalue weighted by atomic mass is 79.9. The Bertz CT molecular complexity index is 271. The lowest BCUT2D eigenvalue weighted by Crippen LogP contribution is -1.95. The first-order chi connectivity index (χ1) is 5.65. The van der Waals surface area contributed by atoms with E-state index in [4.69, 9.17) is 0 Å². The van der Waals surface area contributed by atoms with Crippen LogP contribution in [-0.2, 0) is 0 Å². The Hall–Kier alpha value is -0.370. The molecule has 0 saturated heterocycles. The second-order valence-electron chi connectivity index (χ2n) is 3.06. The third-order valence-corrected chi connectivity index (χ3v) is 2.95. The number of aryl methyl sites for hydroxylation is 1. The molecule has 1 atom stereocenters.